The lowest BCUT2D eigenvalue weighted by molar-refractivity contribution is -0.148. The van der Waals surface area contributed by atoms with Crippen LogP contribution in [0.2, 0.25) is 0 Å². The molecule has 1 rings (SSSR count). The van der Waals surface area contributed by atoms with E-state index in [2.05, 4.69) is 36.7 Å². The van der Waals surface area contributed by atoms with Crippen LogP contribution < -0.4 is 16.0 Å². The smallest absolute Gasteiger partial charge is 0.321 e. The standard InChI is InChI=1S/C21H31N3O5/c1-20(2,3)15-9-7-14(8-10-15)18(27)22-12-11-17(26)29-13-16(25)23-19(28)24-21(4,5)6/h7-10H,11-13H2,1-6H3,(H,22,27)(H2,23,24,25,28). The fourth-order valence-corrected chi connectivity index (χ4v) is 2.25. The van der Waals surface area contributed by atoms with E-state index in [9.17, 15) is 19.2 Å². The van der Waals surface area contributed by atoms with Gasteiger partial charge in [0.25, 0.3) is 11.8 Å². The monoisotopic (exact) mass is 405 g/mol. The maximum absolute atomic E-state index is 12.1. The van der Waals surface area contributed by atoms with Gasteiger partial charge in [0.05, 0.1) is 6.42 Å². The summed E-state index contributed by atoms with van der Waals surface area (Å²) in [6.07, 6.45) is -0.0900. The number of nitrogens with one attached hydrogen (secondary N) is 3. The van der Waals surface area contributed by atoms with Gasteiger partial charge in [0.15, 0.2) is 6.61 Å². The van der Waals surface area contributed by atoms with E-state index in [-0.39, 0.29) is 24.3 Å². The van der Waals surface area contributed by atoms with E-state index in [0.29, 0.717) is 5.56 Å². The first-order chi connectivity index (χ1) is 13.3. The van der Waals surface area contributed by atoms with Crippen LogP contribution in [-0.4, -0.2) is 42.5 Å². The number of hydrogen-bond acceptors (Lipinski definition) is 5. The van der Waals surface area contributed by atoms with Gasteiger partial charge in [-0.05, 0) is 43.9 Å². The van der Waals surface area contributed by atoms with E-state index < -0.39 is 30.1 Å². The summed E-state index contributed by atoms with van der Waals surface area (Å²) < 4.78 is 4.79. The Morgan fingerprint density at radius 1 is 0.931 bits per heavy atom. The number of amides is 4. The number of benzene rings is 1. The van der Waals surface area contributed by atoms with Gasteiger partial charge in [-0.15, -0.1) is 0 Å². The number of urea groups is 1. The van der Waals surface area contributed by atoms with E-state index in [4.69, 9.17) is 4.74 Å². The maximum atomic E-state index is 12.1. The summed E-state index contributed by atoms with van der Waals surface area (Å²) >= 11 is 0. The first kappa shape index (κ1) is 24.1. The Bertz CT molecular complexity index is 743. The topological polar surface area (TPSA) is 114 Å². The van der Waals surface area contributed by atoms with Crippen molar-refractivity contribution < 1.29 is 23.9 Å². The zero-order valence-electron chi connectivity index (χ0n) is 18.0. The molecule has 0 spiro atoms. The van der Waals surface area contributed by atoms with E-state index in [0.717, 1.165) is 5.56 Å². The Morgan fingerprint density at radius 2 is 1.52 bits per heavy atom. The molecule has 0 aliphatic heterocycles. The van der Waals surface area contributed by atoms with Crippen LogP contribution in [0.1, 0.15) is 63.9 Å². The average Bonchev–Trinajstić information content (AvgIpc) is 2.57. The highest BCUT2D eigenvalue weighted by molar-refractivity contribution is 5.96. The molecule has 0 aromatic heterocycles. The Labute approximate surface area is 171 Å². The second kappa shape index (κ2) is 10.0. The van der Waals surface area contributed by atoms with Gasteiger partial charge < -0.3 is 15.4 Å². The molecule has 0 radical (unpaired) electrons. The molecule has 0 unspecified atom stereocenters. The molecular formula is C21H31N3O5. The van der Waals surface area contributed by atoms with Gasteiger partial charge in [-0.3, -0.25) is 19.7 Å². The number of hydrogen-bond donors (Lipinski definition) is 3. The molecule has 0 atom stereocenters. The molecule has 0 heterocycles. The Balaban J connectivity index is 2.32. The number of imide groups is 1. The molecular weight excluding hydrogens is 374 g/mol. The average molecular weight is 405 g/mol. The predicted molar refractivity (Wildman–Crippen MR) is 109 cm³/mol. The Kier molecular flexibility index (Phi) is 8.36. The van der Waals surface area contributed by atoms with Crippen molar-refractivity contribution in [3.8, 4) is 0 Å². The van der Waals surface area contributed by atoms with Crippen molar-refractivity contribution in [1.82, 2.24) is 16.0 Å². The van der Waals surface area contributed by atoms with Gasteiger partial charge >= 0.3 is 12.0 Å². The van der Waals surface area contributed by atoms with Crippen LogP contribution in [0.4, 0.5) is 4.79 Å². The SMILES string of the molecule is CC(C)(C)NC(=O)NC(=O)COC(=O)CCNC(=O)c1ccc(C(C)(C)C)cc1. The molecule has 1 aromatic carbocycles. The normalized spacial score (nSPS) is 11.4. The van der Waals surface area contributed by atoms with Crippen molar-refractivity contribution in [2.24, 2.45) is 0 Å². The Hall–Kier alpha value is -2.90. The summed E-state index contributed by atoms with van der Waals surface area (Å²) in [4.78, 5) is 46.9. The highest BCUT2D eigenvalue weighted by atomic mass is 16.5. The molecule has 0 fully saturated rings. The molecule has 0 bridgehead atoms. The van der Waals surface area contributed by atoms with Gasteiger partial charge in [0, 0.05) is 17.6 Å². The van der Waals surface area contributed by atoms with E-state index >= 15 is 0 Å². The maximum Gasteiger partial charge on any atom is 0.321 e. The third-order valence-corrected chi connectivity index (χ3v) is 3.73. The van der Waals surface area contributed by atoms with Crippen LogP contribution >= 0.6 is 0 Å². The third kappa shape index (κ3) is 9.73. The molecule has 0 aliphatic carbocycles. The van der Waals surface area contributed by atoms with Crippen molar-refractivity contribution >= 4 is 23.8 Å². The van der Waals surface area contributed by atoms with Crippen LogP contribution in [0.3, 0.4) is 0 Å². The van der Waals surface area contributed by atoms with Crippen molar-refractivity contribution in [2.45, 2.75) is 58.9 Å². The first-order valence-electron chi connectivity index (χ1n) is 9.44. The first-order valence-corrected chi connectivity index (χ1v) is 9.44. The zero-order chi connectivity index (χ0) is 22.2. The summed E-state index contributed by atoms with van der Waals surface area (Å²) in [6, 6.07) is 6.61. The summed E-state index contributed by atoms with van der Waals surface area (Å²) in [5, 5.41) is 7.25. The van der Waals surface area contributed by atoms with Crippen LogP contribution in [0.5, 0.6) is 0 Å². The largest absolute Gasteiger partial charge is 0.456 e. The van der Waals surface area contributed by atoms with Gasteiger partial charge in [0.2, 0.25) is 0 Å². The summed E-state index contributed by atoms with van der Waals surface area (Å²) in [5.41, 5.74) is 1.12. The molecule has 3 N–H and O–H groups in total. The lowest BCUT2D eigenvalue weighted by Gasteiger charge is -2.20. The van der Waals surface area contributed by atoms with E-state index in [1.807, 2.05) is 12.1 Å². The Morgan fingerprint density at radius 3 is 2.03 bits per heavy atom. The van der Waals surface area contributed by atoms with E-state index in [1.165, 1.54) is 0 Å². The molecule has 8 heteroatoms. The van der Waals surface area contributed by atoms with Gasteiger partial charge in [-0.2, -0.15) is 0 Å². The molecule has 8 nitrogen and oxygen atoms in total. The molecule has 29 heavy (non-hydrogen) atoms. The lowest BCUT2D eigenvalue weighted by atomic mass is 9.87. The molecule has 160 valence electrons. The van der Waals surface area contributed by atoms with Crippen LogP contribution in [0, 0.1) is 0 Å². The third-order valence-electron chi connectivity index (χ3n) is 3.73. The molecule has 0 saturated heterocycles. The number of esters is 1. The fourth-order valence-electron chi connectivity index (χ4n) is 2.25. The van der Waals surface area contributed by atoms with Crippen molar-refractivity contribution in [2.75, 3.05) is 13.2 Å². The molecule has 0 saturated carbocycles. The summed E-state index contributed by atoms with van der Waals surface area (Å²) in [5.74, 6) is -1.68. The van der Waals surface area contributed by atoms with Crippen molar-refractivity contribution in [3.63, 3.8) is 0 Å². The zero-order valence-corrected chi connectivity index (χ0v) is 18.0. The molecule has 1 aromatic rings. The predicted octanol–water partition coefficient (Wildman–Crippen LogP) is 2.27. The van der Waals surface area contributed by atoms with Crippen LogP contribution in [0.25, 0.3) is 0 Å². The van der Waals surface area contributed by atoms with Crippen molar-refractivity contribution in [1.29, 1.82) is 0 Å². The fraction of sp³-hybridized carbons (Fsp3) is 0.524. The minimum atomic E-state index is -0.733. The summed E-state index contributed by atoms with van der Waals surface area (Å²) in [7, 11) is 0. The second-order valence-corrected chi connectivity index (χ2v) is 8.75. The van der Waals surface area contributed by atoms with Crippen LogP contribution in [0.15, 0.2) is 24.3 Å². The molecule has 4 amide bonds. The van der Waals surface area contributed by atoms with Crippen LogP contribution in [-0.2, 0) is 19.7 Å². The van der Waals surface area contributed by atoms with E-state index in [1.54, 1.807) is 32.9 Å². The number of rotatable bonds is 6. The molecule has 0 aliphatic rings. The quantitative estimate of drug-likeness (QED) is 0.628. The number of ether oxygens (including phenoxy) is 1. The minimum absolute atomic E-state index is 0.00151. The highest BCUT2D eigenvalue weighted by Gasteiger charge is 2.17. The van der Waals surface area contributed by atoms with Crippen molar-refractivity contribution in [3.05, 3.63) is 35.4 Å². The highest BCUT2D eigenvalue weighted by Crippen LogP contribution is 2.22. The second-order valence-electron chi connectivity index (χ2n) is 8.75. The lowest BCUT2D eigenvalue weighted by Crippen LogP contribution is -2.49. The van der Waals surface area contributed by atoms with Gasteiger partial charge in [-0.1, -0.05) is 32.9 Å². The number of carbonyl (C=O) groups excluding carboxylic acids is 4. The number of carbonyl (C=O) groups is 4. The summed E-state index contributed by atoms with van der Waals surface area (Å²) in [6.45, 7) is 11.1. The van der Waals surface area contributed by atoms with Gasteiger partial charge in [-0.25, -0.2) is 4.79 Å². The minimum Gasteiger partial charge on any atom is -0.456 e. The van der Waals surface area contributed by atoms with Gasteiger partial charge in [0.1, 0.15) is 0 Å².